The topological polar surface area (TPSA) is 197 Å². The molecule has 1 fully saturated rings. The second kappa shape index (κ2) is 11.5. The number of benzene rings is 2. The van der Waals surface area contributed by atoms with Gasteiger partial charge in [-0.1, -0.05) is 43.3 Å². The first-order valence-corrected chi connectivity index (χ1v) is 15.5. The molecule has 0 spiro atoms. The average molecular weight is 633 g/mol. The minimum Gasteiger partial charge on any atom is -0.510 e. The van der Waals surface area contributed by atoms with Gasteiger partial charge < -0.3 is 36.6 Å². The Morgan fingerprint density at radius 3 is 2.33 bits per heavy atom. The third-order valence-electron chi connectivity index (χ3n) is 10.3. The third-order valence-corrected chi connectivity index (χ3v) is 10.3. The number of hydrogen-bond donors (Lipinski definition) is 7. The fraction of sp³-hybridized carbons (Fsp3) is 0.441. The maximum Gasteiger partial charge on any atom is 0.255 e. The fourth-order valence-electron chi connectivity index (χ4n) is 8.04. The first kappa shape index (κ1) is 31.7. The standard InChI is InChI=1S/C34H40N4O8/c1-16-19-9-10-20(36-18-11-13-38(14-12-18)15-17-7-5-4-6-8-17)27(39)22(19)28(40)23-21(16)29(41)25-26(37(2)3)30(42)24(33(35)45)32(44)34(25,46)31(23)43/h4-10,16,18,21,25-26,29,36,39,41-43,46H,11-15H2,1-3H3,(H2,35,45)/t16-,21+,25+,26-,29-,34-/m0/s1. The summed E-state index contributed by atoms with van der Waals surface area (Å²) in [5.74, 6) is -9.00. The maximum absolute atomic E-state index is 14.1. The summed E-state index contributed by atoms with van der Waals surface area (Å²) in [6, 6.07) is 12.3. The summed E-state index contributed by atoms with van der Waals surface area (Å²) in [5.41, 5.74) is 3.00. The van der Waals surface area contributed by atoms with Gasteiger partial charge in [-0.3, -0.25) is 24.2 Å². The molecule has 1 amide bonds. The van der Waals surface area contributed by atoms with Crippen molar-refractivity contribution in [2.24, 2.45) is 17.6 Å². The van der Waals surface area contributed by atoms with Crippen molar-refractivity contribution in [3.8, 4) is 5.75 Å². The highest BCUT2D eigenvalue weighted by Crippen LogP contribution is 2.56. The van der Waals surface area contributed by atoms with E-state index < -0.39 is 75.6 Å². The van der Waals surface area contributed by atoms with Crippen LogP contribution in [0.5, 0.6) is 5.75 Å². The van der Waals surface area contributed by atoms with E-state index in [0.717, 1.165) is 32.5 Å². The molecule has 2 aromatic carbocycles. The maximum atomic E-state index is 14.1. The van der Waals surface area contributed by atoms with Crippen molar-refractivity contribution in [1.29, 1.82) is 0 Å². The number of likely N-dealkylation sites (tertiary alicyclic amines) is 1. The minimum absolute atomic E-state index is 0.0277. The van der Waals surface area contributed by atoms with Crippen LogP contribution >= 0.6 is 0 Å². The van der Waals surface area contributed by atoms with Crippen LogP contribution in [0, 0.1) is 11.8 Å². The summed E-state index contributed by atoms with van der Waals surface area (Å²) in [6.07, 6.45) is -0.0166. The number of carbonyl (C=O) groups excluding carboxylic acids is 3. The molecule has 6 rings (SSSR count). The zero-order chi connectivity index (χ0) is 33.2. The first-order chi connectivity index (χ1) is 21.8. The van der Waals surface area contributed by atoms with E-state index in [9.17, 15) is 39.9 Å². The number of nitrogens with two attached hydrogens (primary N) is 1. The van der Waals surface area contributed by atoms with Crippen molar-refractivity contribution >= 4 is 23.2 Å². The number of primary amides is 1. The van der Waals surface area contributed by atoms with Gasteiger partial charge in [0.2, 0.25) is 5.78 Å². The van der Waals surface area contributed by atoms with Crippen LogP contribution in [0.25, 0.3) is 0 Å². The Morgan fingerprint density at radius 1 is 1.07 bits per heavy atom. The summed E-state index contributed by atoms with van der Waals surface area (Å²) < 4.78 is 0. The van der Waals surface area contributed by atoms with E-state index in [1.54, 1.807) is 19.1 Å². The van der Waals surface area contributed by atoms with Crippen LogP contribution in [0.1, 0.15) is 47.2 Å². The van der Waals surface area contributed by atoms with E-state index in [1.165, 1.54) is 24.6 Å². The van der Waals surface area contributed by atoms with E-state index in [0.29, 0.717) is 11.3 Å². The lowest BCUT2D eigenvalue weighted by molar-refractivity contribution is -0.162. The van der Waals surface area contributed by atoms with Gasteiger partial charge in [-0.25, -0.2) is 0 Å². The minimum atomic E-state index is -2.94. The van der Waals surface area contributed by atoms with Crippen molar-refractivity contribution in [3.05, 3.63) is 81.8 Å². The number of rotatable bonds is 6. The second-order valence-corrected chi connectivity index (χ2v) is 13.2. The first-order valence-electron chi connectivity index (χ1n) is 15.5. The van der Waals surface area contributed by atoms with Gasteiger partial charge >= 0.3 is 0 Å². The molecule has 244 valence electrons. The molecule has 1 heterocycles. The number of hydrogen-bond acceptors (Lipinski definition) is 11. The largest absolute Gasteiger partial charge is 0.510 e. The third kappa shape index (κ3) is 4.70. The molecular formula is C34H40N4O8. The number of aliphatic hydroxyl groups excluding tert-OH is 3. The molecular weight excluding hydrogens is 592 g/mol. The Labute approximate surface area is 266 Å². The molecule has 2 aromatic rings. The van der Waals surface area contributed by atoms with Crippen molar-refractivity contribution in [1.82, 2.24) is 9.80 Å². The van der Waals surface area contributed by atoms with Gasteiger partial charge in [0.05, 0.1) is 29.3 Å². The van der Waals surface area contributed by atoms with Crippen LogP contribution in [0.3, 0.4) is 0 Å². The number of carbonyl (C=O) groups is 3. The Bertz CT molecular complexity index is 1660. The number of ketones is 2. The van der Waals surface area contributed by atoms with Gasteiger partial charge in [0, 0.05) is 37.2 Å². The predicted octanol–water partition coefficient (Wildman–Crippen LogP) is 1.73. The summed E-state index contributed by atoms with van der Waals surface area (Å²) in [7, 11) is 3.01. The number of phenols is 1. The van der Waals surface area contributed by atoms with Crippen molar-refractivity contribution in [3.63, 3.8) is 0 Å². The lowest BCUT2D eigenvalue weighted by Gasteiger charge is -2.53. The van der Waals surface area contributed by atoms with Crippen LogP contribution in [-0.2, 0) is 16.1 Å². The van der Waals surface area contributed by atoms with E-state index in [-0.39, 0.29) is 17.4 Å². The number of likely N-dealkylation sites (N-methyl/N-ethyl adjacent to an activating group) is 1. The van der Waals surface area contributed by atoms with Crippen molar-refractivity contribution in [2.75, 3.05) is 32.5 Å². The highest BCUT2D eigenvalue weighted by molar-refractivity contribution is 6.25. The number of aliphatic hydroxyl groups is 4. The molecule has 46 heavy (non-hydrogen) atoms. The number of aromatic hydroxyl groups is 1. The number of piperidine rings is 1. The fourth-order valence-corrected chi connectivity index (χ4v) is 8.04. The second-order valence-electron chi connectivity index (χ2n) is 13.2. The normalized spacial score (nSPS) is 30.3. The molecule has 3 aliphatic carbocycles. The van der Waals surface area contributed by atoms with Gasteiger partial charge in [-0.05, 0) is 50.0 Å². The highest BCUT2D eigenvalue weighted by Gasteiger charge is 2.67. The summed E-state index contributed by atoms with van der Waals surface area (Å²) >= 11 is 0. The summed E-state index contributed by atoms with van der Waals surface area (Å²) in [4.78, 5) is 43.7. The molecule has 4 aliphatic rings. The Balaban J connectivity index is 1.33. The number of anilines is 1. The zero-order valence-electron chi connectivity index (χ0n) is 26.0. The molecule has 1 aliphatic heterocycles. The predicted molar refractivity (Wildman–Crippen MR) is 168 cm³/mol. The van der Waals surface area contributed by atoms with Gasteiger partial charge in [-0.2, -0.15) is 0 Å². The monoisotopic (exact) mass is 632 g/mol. The van der Waals surface area contributed by atoms with Crippen LogP contribution in [0.2, 0.25) is 0 Å². The van der Waals surface area contributed by atoms with Crippen LogP contribution in [-0.4, -0.2) is 104 Å². The van der Waals surface area contributed by atoms with Crippen LogP contribution in [0.15, 0.2) is 65.1 Å². The quantitative estimate of drug-likeness (QED) is 0.181. The average Bonchev–Trinajstić information content (AvgIpc) is 3.01. The number of Topliss-reactive ketones (excluding diaryl/α,β-unsaturated/α-hetero) is 2. The molecule has 1 saturated heterocycles. The van der Waals surface area contributed by atoms with Crippen molar-refractivity contribution in [2.45, 2.75) is 56.0 Å². The number of fused-ring (bicyclic) bond motifs is 3. The lowest BCUT2D eigenvalue weighted by atomic mass is 9.55. The molecule has 6 atom stereocenters. The van der Waals surface area contributed by atoms with E-state index in [4.69, 9.17) is 5.73 Å². The van der Waals surface area contributed by atoms with Crippen molar-refractivity contribution < 1.29 is 39.9 Å². The van der Waals surface area contributed by atoms with E-state index in [2.05, 4.69) is 22.3 Å². The SMILES string of the molecule is C[C@H]1c2ccc(NC3CCN(Cc4ccccc4)CC3)c(O)c2C(=O)C2=C(O)[C@]3(O)C(=O)C(C(N)=O)=C(O)[C@@H](N(C)C)[C@@H]3[C@@H](O)[C@@H]21. The zero-order valence-corrected chi connectivity index (χ0v) is 26.0. The van der Waals surface area contributed by atoms with E-state index in [1.807, 2.05) is 18.2 Å². The van der Waals surface area contributed by atoms with Gasteiger partial charge in [0.1, 0.15) is 22.8 Å². The molecule has 0 unspecified atom stereocenters. The molecule has 12 heteroatoms. The molecule has 0 aromatic heterocycles. The number of nitrogens with one attached hydrogen (secondary N) is 1. The Hall–Kier alpha value is -4.23. The lowest BCUT2D eigenvalue weighted by Crippen LogP contribution is -2.68. The van der Waals surface area contributed by atoms with Gasteiger partial charge in [0.15, 0.2) is 11.4 Å². The number of nitrogens with zero attached hydrogens (tertiary/aromatic N) is 2. The summed E-state index contributed by atoms with van der Waals surface area (Å²) in [5, 5.41) is 61.0. The molecule has 0 saturated carbocycles. The Kier molecular flexibility index (Phi) is 7.96. The number of amides is 1. The van der Waals surface area contributed by atoms with E-state index >= 15 is 0 Å². The van der Waals surface area contributed by atoms with Gasteiger partial charge in [0.25, 0.3) is 5.91 Å². The molecule has 0 radical (unpaired) electrons. The summed E-state index contributed by atoms with van der Waals surface area (Å²) in [6.45, 7) is 4.24. The smallest absolute Gasteiger partial charge is 0.255 e. The van der Waals surface area contributed by atoms with Crippen LogP contribution < -0.4 is 11.1 Å². The number of phenolic OH excluding ortho intramolecular Hbond substituents is 1. The van der Waals surface area contributed by atoms with Crippen LogP contribution in [0.4, 0.5) is 5.69 Å². The Morgan fingerprint density at radius 2 is 1.72 bits per heavy atom. The molecule has 8 N–H and O–H groups in total. The van der Waals surface area contributed by atoms with Gasteiger partial charge in [-0.15, -0.1) is 0 Å². The highest BCUT2D eigenvalue weighted by atomic mass is 16.4. The molecule has 0 bridgehead atoms. The molecule has 12 nitrogen and oxygen atoms in total.